The summed E-state index contributed by atoms with van der Waals surface area (Å²) in [5.74, 6) is -0.203. The van der Waals surface area contributed by atoms with Crippen molar-refractivity contribution >= 4 is 17.5 Å². The Bertz CT molecular complexity index is 811. The van der Waals surface area contributed by atoms with Gasteiger partial charge in [-0.3, -0.25) is 4.79 Å². The van der Waals surface area contributed by atoms with Crippen LogP contribution in [0.4, 0.5) is 0 Å². The zero-order chi connectivity index (χ0) is 16.9. The second-order valence-corrected chi connectivity index (χ2v) is 5.77. The Balaban J connectivity index is 1.65. The number of amides is 1. The van der Waals surface area contributed by atoms with Crippen LogP contribution >= 0.6 is 11.6 Å². The van der Waals surface area contributed by atoms with Gasteiger partial charge in [-0.15, -0.1) is 0 Å². The lowest BCUT2D eigenvalue weighted by Gasteiger charge is -2.06. The van der Waals surface area contributed by atoms with Crippen LogP contribution in [0.2, 0.25) is 5.15 Å². The van der Waals surface area contributed by atoms with Gasteiger partial charge in [0.2, 0.25) is 0 Å². The molecule has 6 nitrogen and oxygen atoms in total. The van der Waals surface area contributed by atoms with E-state index in [1.165, 1.54) is 0 Å². The maximum atomic E-state index is 12.4. The molecule has 0 aliphatic rings. The molecular formula is C17H18ClN5O. The van der Waals surface area contributed by atoms with Crippen molar-refractivity contribution in [2.24, 2.45) is 0 Å². The molecule has 24 heavy (non-hydrogen) atoms. The molecule has 0 unspecified atom stereocenters. The average molecular weight is 344 g/mol. The summed E-state index contributed by atoms with van der Waals surface area (Å²) in [7, 11) is 0. The van der Waals surface area contributed by atoms with Crippen molar-refractivity contribution in [1.82, 2.24) is 24.6 Å². The van der Waals surface area contributed by atoms with Gasteiger partial charge < -0.3 is 9.88 Å². The van der Waals surface area contributed by atoms with Crippen LogP contribution in [-0.4, -0.2) is 31.8 Å². The molecule has 2 aromatic heterocycles. The van der Waals surface area contributed by atoms with Crippen molar-refractivity contribution < 1.29 is 4.79 Å². The molecule has 0 saturated carbocycles. The van der Waals surface area contributed by atoms with Crippen LogP contribution in [0, 0.1) is 6.92 Å². The quantitative estimate of drug-likeness (QED) is 0.700. The highest BCUT2D eigenvalue weighted by Crippen LogP contribution is 2.23. The van der Waals surface area contributed by atoms with Crippen LogP contribution in [0.1, 0.15) is 22.5 Å². The Labute approximate surface area is 145 Å². The molecule has 1 N–H and O–H groups in total. The number of halogens is 1. The Morgan fingerprint density at radius 1 is 1.29 bits per heavy atom. The number of benzene rings is 1. The van der Waals surface area contributed by atoms with E-state index in [2.05, 4.69) is 15.4 Å². The van der Waals surface area contributed by atoms with Gasteiger partial charge in [-0.25, -0.2) is 9.67 Å². The molecule has 0 aliphatic heterocycles. The lowest BCUT2D eigenvalue weighted by atomic mass is 10.2. The maximum absolute atomic E-state index is 12.4. The number of aromatic nitrogens is 4. The van der Waals surface area contributed by atoms with E-state index in [-0.39, 0.29) is 5.91 Å². The van der Waals surface area contributed by atoms with Crippen molar-refractivity contribution in [3.63, 3.8) is 0 Å². The van der Waals surface area contributed by atoms with Crippen LogP contribution < -0.4 is 5.32 Å². The van der Waals surface area contributed by atoms with Crippen LogP contribution in [0.5, 0.6) is 0 Å². The number of hydrogen-bond donors (Lipinski definition) is 1. The molecule has 1 amide bonds. The molecule has 0 bridgehead atoms. The Hall–Kier alpha value is -2.60. The third-order valence-corrected chi connectivity index (χ3v) is 4.02. The predicted octanol–water partition coefficient (Wildman–Crippen LogP) is 2.85. The monoisotopic (exact) mass is 343 g/mol. The summed E-state index contributed by atoms with van der Waals surface area (Å²) in [4.78, 5) is 16.4. The highest BCUT2D eigenvalue weighted by molar-refractivity contribution is 6.33. The largest absolute Gasteiger partial charge is 0.352 e. The molecule has 0 fully saturated rings. The predicted molar refractivity (Wildman–Crippen MR) is 92.5 cm³/mol. The van der Waals surface area contributed by atoms with Gasteiger partial charge in [-0.2, -0.15) is 5.10 Å². The van der Waals surface area contributed by atoms with E-state index in [1.807, 2.05) is 41.1 Å². The summed E-state index contributed by atoms with van der Waals surface area (Å²) >= 11 is 6.38. The van der Waals surface area contributed by atoms with Crippen molar-refractivity contribution in [1.29, 1.82) is 0 Å². The molecule has 0 spiro atoms. The molecular weight excluding hydrogens is 326 g/mol. The summed E-state index contributed by atoms with van der Waals surface area (Å²) < 4.78 is 3.55. The summed E-state index contributed by atoms with van der Waals surface area (Å²) in [5, 5.41) is 7.60. The van der Waals surface area contributed by atoms with E-state index in [9.17, 15) is 4.79 Å². The van der Waals surface area contributed by atoms with Crippen LogP contribution in [0.15, 0.2) is 49.1 Å². The number of carbonyl (C=O) groups is 1. The maximum Gasteiger partial charge on any atom is 0.256 e. The fourth-order valence-electron chi connectivity index (χ4n) is 2.47. The van der Waals surface area contributed by atoms with Crippen LogP contribution in [-0.2, 0) is 6.54 Å². The van der Waals surface area contributed by atoms with E-state index in [0.717, 1.165) is 18.7 Å². The van der Waals surface area contributed by atoms with E-state index in [0.29, 0.717) is 23.0 Å². The highest BCUT2D eigenvalue weighted by Gasteiger charge is 2.20. The zero-order valence-corrected chi connectivity index (χ0v) is 14.1. The summed E-state index contributed by atoms with van der Waals surface area (Å²) in [6.07, 6.45) is 6.20. The van der Waals surface area contributed by atoms with Gasteiger partial charge in [-0.1, -0.05) is 29.8 Å². The number of nitrogens with one attached hydrogen (secondary N) is 1. The number of aryl methyl sites for hydroxylation is 2. The first-order valence-corrected chi connectivity index (χ1v) is 8.09. The second kappa shape index (κ2) is 7.31. The highest BCUT2D eigenvalue weighted by atomic mass is 35.5. The molecule has 7 heteroatoms. The molecule has 0 radical (unpaired) electrons. The Morgan fingerprint density at radius 2 is 2.08 bits per heavy atom. The minimum Gasteiger partial charge on any atom is -0.352 e. The van der Waals surface area contributed by atoms with Crippen LogP contribution in [0.3, 0.4) is 0 Å². The van der Waals surface area contributed by atoms with Gasteiger partial charge in [0.1, 0.15) is 5.15 Å². The van der Waals surface area contributed by atoms with E-state index < -0.39 is 0 Å². The van der Waals surface area contributed by atoms with Crippen molar-refractivity contribution in [2.45, 2.75) is 19.9 Å². The van der Waals surface area contributed by atoms with Crippen molar-refractivity contribution in [3.8, 4) is 5.69 Å². The standard InChI is InChI=1S/C17H18ClN5O/c1-13-15(16(18)23(21-13)14-6-3-2-4-7-14)17(24)20-8-5-10-22-11-9-19-12-22/h2-4,6-7,9,11-12H,5,8,10H2,1H3,(H,20,24). The zero-order valence-electron chi connectivity index (χ0n) is 13.3. The second-order valence-electron chi connectivity index (χ2n) is 5.41. The minimum atomic E-state index is -0.203. The smallest absolute Gasteiger partial charge is 0.256 e. The first-order valence-electron chi connectivity index (χ1n) is 7.71. The molecule has 2 heterocycles. The first-order chi connectivity index (χ1) is 11.7. The van der Waals surface area contributed by atoms with Gasteiger partial charge >= 0.3 is 0 Å². The number of rotatable bonds is 6. The molecule has 0 aliphatic carbocycles. The fourth-order valence-corrected chi connectivity index (χ4v) is 2.83. The lowest BCUT2D eigenvalue weighted by molar-refractivity contribution is 0.0952. The number of hydrogen-bond acceptors (Lipinski definition) is 3. The third kappa shape index (κ3) is 3.49. The van der Waals surface area contributed by atoms with E-state index >= 15 is 0 Å². The number of nitrogens with zero attached hydrogens (tertiary/aromatic N) is 4. The molecule has 0 atom stereocenters. The molecule has 3 aromatic rings. The number of imidazole rings is 1. The fraction of sp³-hybridized carbons (Fsp3) is 0.235. The Kier molecular flexibility index (Phi) is 4.96. The molecule has 0 saturated heterocycles. The summed E-state index contributed by atoms with van der Waals surface area (Å²) in [5.41, 5.74) is 1.85. The number of carbonyl (C=O) groups excluding carboxylic acids is 1. The number of para-hydroxylation sites is 1. The third-order valence-electron chi connectivity index (χ3n) is 3.67. The molecule has 3 rings (SSSR count). The van der Waals surface area contributed by atoms with Gasteiger partial charge in [0, 0.05) is 25.5 Å². The van der Waals surface area contributed by atoms with Crippen molar-refractivity contribution in [2.75, 3.05) is 6.54 Å². The summed E-state index contributed by atoms with van der Waals surface area (Å²) in [6.45, 7) is 3.14. The van der Waals surface area contributed by atoms with Crippen LogP contribution in [0.25, 0.3) is 5.69 Å². The molecule has 124 valence electrons. The van der Waals surface area contributed by atoms with Gasteiger partial charge in [0.25, 0.3) is 5.91 Å². The SMILES string of the molecule is Cc1nn(-c2ccccc2)c(Cl)c1C(=O)NCCCn1ccnc1. The minimum absolute atomic E-state index is 0.203. The normalized spacial score (nSPS) is 10.8. The summed E-state index contributed by atoms with van der Waals surface area (Å²) in [6, 6.07) is 9.51. The van der Waals surface area contributed by atoms with Gasteiger partial charge in [0.15, 0.2) is 0 Å². The topological polar surface area (TPSA) is 64.7 Å². The van der Waals surface area contributed by atoms with E-state index in [1.54, 1.807) is 24.1 Å². The van der Waals surface area contributed by atoms with Gasteiger partial charge in [-0.05, 0) is 25.5 Å². The van der Waals surface area contributed by atoms with E-state index in [4.69, 9.17) is 11.6 Å². The lowest BCUT2D eigenvalue weighted by Crippen LogP contribution is -2.25. The average Bonchev–Trinajstić information content (AvgIpc) is 3.20. The van der Waals surface area contributed by atoms with Crippen molar-refractivity contribution in [3.05, 3.63) is 65.5 Å². The first kappa shape index (κ1) is 16.3. The molecule has 1 aromatic carbocycles. The van der Waals surface area contributed by atoms with Gasteiger partial charge in [0.05, 0.1) is 23.3 Å². The Morgan fingerprint density at radius 3 is 2.79 bits per heavy atom.